The smallest absolute Gasteiger partial charge is 0.328 e. The van der Waals surface area contributed by atoms with Crippen molar-refractivity contribution in [3.63, 3.8) is 0 Å². The number of ether oxygens (including phenoxy) is 1. The summed E-state index contributed by atoms with van der Waals surface area (Å²) < 4.78 is 10.0. The number of nitro benzene ring substituents is 1. The number of fused-ring (bicyclic) bond motifs is 1. The number of halogens is 1. The van der Waals surface area contributed by atoms with Crippen LogP contribution < -0.4 is 11.0 Å². The molecule has 39 heavy (non-hydrogen) atoms. The number of aromatic nitrogens is 5. The summed E-state index contributed by atoms with van der Waals surface area (Å²) >= 11 is 7.25. The van der Waals surface area contributed by atoms with E-state index >= 15 is 0 Å². The summed E-state index contributed by atoms with van der Waals surface area (Å²) in [6.45, 7) is 3.38. The fourth-order valence-corrected chi connectivity index (χ4v) is 5.30. The fourth-order valence-electron chi connectivity index (χ4n) is 4.41. The molecule has 1 aliphatic heterocycles. The highest BCUT2D eigenvalue weighted by molar-refractivity contribution is 7.99. The first-order valence-corrected chi connectivity index (χ1v) is 13.4. The number of aryl methyl sites for hydroxylation is 2. The Morgan fingerprint density at radius 1 is 1.13 bits per heavy atom. The second kappa shape index (κ2) is 11.2. The van der Waals surface area contributed by atoms with Crippen LogP contribution in [0.5, 0.6) is 0 Å². The van der Waals surface area contributed by atoms with Crippen LogP contribution in [-0.2, 0) is 30.2 Å². The predicted octanol–water partition coefficient (Wildman–Crippen LogP) is 2.58. The SMILES string of the molecule is Cn1c(=O)n(C)c2cc([N+](=O)[O-])c(NC(=O)CSc3nnc(CN4CCOCC4)n3-c3ccc(Cl)cc3)cc21. The molecule has 0 saturated carbocycles. The molecule has 1 saturated heterocycles. The number of nitrogens with zero attached hydrogens (tertiary/aromatic N) is 7. The van der Waals surface area contributed by atoms with E-state index in [1.807, 2.05) is 16.7 Å². The molecule has 0 spiro atoms. The molecule has 2 aromatic carbocycles. The minimum absolute atomic E-state index is 0.00599. The summed E-state index contributed by atoms with van der Waals surface area (Å²) in [6, 6.07) is 9.96. The van der Waals surface area contributed by atoms with Crippen LogP contribution in [0.2, 0.25) is 5.02 Å². The lowest BCUT2D eigenvalue weighted by Gasteiger charge is -2.26. The van der Waals surface area contributed by atoms with Gasteiger partial charge in [0.1, 0.15) is 5.69 Å². The molecule has 4 aromatic rings. The van der Waals surface area contributed by atoms with E-state index < -0.39 is 10.8 Å². The summed E-state index contributed by atoms with van der Waals surface area (Å²) in [7, 11) is 3.10. The van der Waals surface area contributed by atoms with Crippen molar-refractivity contribution >= 4 is 51.7 Å². The number of carbonyl (C=O) groups is 1. The second-order valence-electron chi connectivity index (χ2n) is 8.95. The van der Waals surface area contributed by atoms with Crippen LogP contribution in [0.1, 0.15) is 5.82 Å². The van der Waals surface area contributed by atoms with E-state index in [1.165, 1.54) is 28.3 Å². The quantitative estimate of drug-likeness (QED) is 0.191. The number of carbonyl (C=O) groups excluding carboxylic acids is 1. The molecule has 15 heteroatoms. The van der Waals surface area contributed by atoms with Gasteiger partial charge in [-0.05, 0) is 30.3 Å². The van der Waals surface area contributed by atoms with Crippen molar-refractivity contribution in [3.05, 3.63) is 67.8 Å². The maximum atomic E-state index is 12.9. The Kier molecular flexibility index (Phi) is 7.70. The molecular formula is C24H25ClN8O5S. The number of nitro groups is 1. The van der Waals surface area contributed by atoms with E-state index in [-0.39, 0.29) is 22.8 Å². The first-order chi connectivity index (χ1) is 18.7. The van der Waals surface area contributed by atoms with Crippen LogP contribution in [0.25, 0.3) is 16.7 Å². The molecule has 2 aromatic heterocycles. The van der Waals surface area contributed by atoms with Crippen molar-refractivity contribution in [2.45, 2.75) is 11.7 Å². The fraction of sp³-hybridized carbons (Fsp3) is 0.333. The highest BCUT2D eigenvalue weighted by atomic mass is 35.5. The lowest BCUT2D eigenvalue weighted by Crippen LogP contribution is -2.36. The van der Waals surface area contributed by atoms with Gasteiger partial charge in [-0.1, -0.05) is 23.4 Å². The molecule has 0 unspecified atom stereocenters. The average molecular weight is 573 g/mol. The lowest BCUT2D eigenvalue weighted by atomic mass is 10.2. The van der Waals surface area contributed by atoms with Gasteiger partial charge in [0.15, 0.2) is 11.0 Å². The van der Waals surface area contributed by atoms with E-state index in [9.17, 15) is 19.7 Å². The van der Waals surface area contributed by atoms with Gasteiger partial charge in [-0.25, -0.2) is 4.79 Å². The Morgan fingerprint density at radius 3 is 2.46 bits per heavy atom. The minimum Gasteiger partial charge on any atom is -0.379 e. The first kappa shape index (κ1) is 26.9. The number of hydrogen-bond acceptors (Lipinski definition) is 9. The van der Waals surface area contributed by atoms with Gasteiger partial charge in [-0.15, -0.1) is 10.2 Å². The number of imidazole rings is 1. The van der Waals surface area contributed by atoms with Gasteiger partial charge >= 0.3 is 5.69 Å². The average Bonchev–Trinajstić information content (AvgIpc) is 3.41. The van der Waals surface area contributed by atoms with Crippen molar-refractivity contribution < 1.29 is 14.5 Å². The Bertz CT molecular complexity index is 1610. The third-order valence-corrected chi connectivity index (χ3v) is 7.63. The Balaban J connectivity index is 1.38. The Morgan fingerprint density at radius 2 is 1.79 bits per heavy atom. The molecule has 0 bridgehead atoms. The molecule has 0 aliphatic carbocycles. The third kappa shape index (κ3) is 5.54. The highest BCUT2D eigenvalue weighted by Crippen LogP contribution is 2.30. The maximum absolute atomic E-state index is 12.9. The minimum atomic E-state index is -0.589. The van der Waals surface area contributed by atoms with Gasteiger partial charge < -0.3 is 10.1 Å². The number of benzene rings is 2. The number of morpholine rings is 1. The monoisotopic (exact) mass is 572 g/mol. The van der Waals surface area contributed by atoms with Crippen LogP contribution in [0.3, 0.4) is 0 Å². The standard InChI is InChI=1S/C24H25ClN8O5S/c1-29-19-11-17(18(33(36)37)12-20(19)30(2)24(29)35)26-22(34)14-39-23-28-27-21(13-31-7-9-38-10-8-31)32(23)16-5-3-15(25)4-6-16/h3-6,11-12H,7-10,13-14H2,1-2H3,(H,26,34). The van der Waals surface area contributed by atoms with Crippen molar-refractivity contribution in [1.29, 1.82) is 0 Å². The number of nitrogens with one attached hydrogen (secondary N) is 1. The number of hydrogen-bond donors (Lipinski definition) is 1. The zero-order valence-corrected chi connectivity index (χ0v) is 22.7. The number of amides is 1. The van der Waals surface area contributed by atoms with E-state index in [2.05, 4.69) is 20.4 Å². The maximum Gasteiger partial charge on any atom is 0.328 e. The normalized spacial score (nSPS) is 14.1. The molecule has 1 amide bonds. The van der Waals surface area contributed by atoms with Gasteiger partial charge in [0, 0.05) is 44.0 Å². The zero-order valence-electron chi connectivity index (χ0n) is 21.2. The molecule has 0 atom stereocenters. The van der Waals surface area contributed by atoms with Crippen LogP contribution in [0.4, 0.5) is 11.4 Å². The summed E-state index contributed by atoms with van der Waals surface area (Å²) in [6.07, 6.45) is 0. The van der Waals surface area contributed by atoms with E-state index in [0.717, 1.165) is 30.5 Å². The van der Waals surface area contributed by atoms with Crippen molar-refractivity contribution in [2.24, 2.45) is 14.1 Å². The van der Waals surface area contributed by atoms with Crippen LogP contribution in [-0.4, -0.2) is 71.7 Å². The van der Waals surface area contributed by atoms with Gasteiger partial charge in [0.2, 0.25) is 5.91 Å². The Hall–Kier alpha value is -3.72. The Labute approximate surface area is 231 Å². The summed E-state index contributed by atoms with van der Waals surface area (Å²) in [5.74, 6) is 0.156. The van der Waals surface area contributed by atoms with Gasteiger partial charge in [0.05, 0.1) is 41.5 Å². The predicted molar refractivity (Wildman–Crippen MR) is 147 cm³/mol. The first-order valence-electron chi connectivity index (χ1n) is 12.0. The van der Waals surface area contributed by atoms with Gasteiger partial charge in [-0.2, -0.15) is 0 Å². The molecule has 0 radical (unpaired) electrons. The van der Waals surface area contributed by atoms with Crippen LogP contribution in [0.15, 0.2) is 46.3 Å². The summed E-state index contributed by atoms with van der Waals surface area (Å²) in [5.41, 5.74) is 1.02. The van der Waals surface area contributed by atoms with Crippen molar-refractivity contribution in [3.8, 4) is 5.69 Å². The molecule has 3 heterocycles. The topological polar surface area (TPSA) is 142 Å². The summed E-state index contributed by atoms with van der Waals surface area (Å²) in [5, 5.41) is 24.1. The van der Waals surface area contributed by atoms with E-state index in [1.54, 1.807) is 19.2 Å². The second-order valence-corrected chi connectivity index (χ2v) is 10.3. The molecule has 204 valence electrons. The van der Waals surface area contributed by atoms with Crippen LogP contribution in [0, 0.1) is 10.1 Å². The molecular weight excluding hydrogens is 548 g/mol. The van der Waals surface area contributed by atoms with Crippen molar-refractivity contribution in [2.75, 3.05) is 37.4 Å². The van der Waals surface area contributed by atoms with Crippen molar-refractivity contribution in [1.82, 2.24) is 28.8 Å². The molecule has 1 N–H and O–H groups in total. The largest absolute Gasteiger partial charge is 0.379 e. The number of thioether (sulfide) groups is 1. The molecule has 1 aliphatic rings. The van der Waals surface area contributed by atoms with Gasteiger partial charge in [-0.3, -0.25) is 33.5 Å². The molecule has 1 fully saturated rings. The zero-order chi connectivity index (χ0) is 27.7. The third-order valence-electron chi connectivity index (χ3n) is 6.45. The highest BCUT2D eigenvalue weighted by Gasteiger charge is 2.23. The number of rotatable bonds is 8. The van der Waals surface area contributed by atoms with Gasteiger partial charge in [0.25, 0.3) is 5.69 Å². The van der Waals surface area contributed by atoms with E-state index in [4.69, 9.17) is 16.3 Å². The lowest BCUT2D eigenvalue weighted by molar-refractivity contribution is -0.383. The number of anilines is 1. The van der Waals surface area contributed by atoms with Crippen LogP contribution >= 0.6 is 23.4 Å². The molecule has 13 nitrogen and oxygen atoms in total. The molecule has 5 rings (SSSR count). The van der Waals surface area contributed by atoms with E-state index in [0.29, 0.717) is 46.8 Å². The summed E-state index contributed by atoms with van der Waals surface area (Å²) in [4.78, 5) is 38.6.